The van der Waals surface area contributed by atoms with Crippen molar-refractivity contribution in [2.45, 2.75) is 70.3 Å². The van der Waals surface area contributed by atoms with E-state index in [-0.39, 0.29) is 28.2 Å². The second-order valence-electron chi connectivity index (χ2n) is 11.7. The monoisotopic (exact) mass is 632 g/mol. The predicted molar refractivity (Wildman–Crippen MR) is 157 cm³/mol. The lowest BCUT2D eigenvalue weighted by molar-refractivity contribution is -0.189. The molecule has 1 saturated carbocycles. The van der Waals surface area contributed by atoms with Gasteiger partial charge in [0.25, 0.3) is 0 Å². The number of benzene rings is 4. The van der Waals surface area contributed by atoms with E-state index in [1.54, 1.807) is 6.07 Å². The van der Waals surface area contributed by atoms with E-state index in [0.29, 0.717) is 36.2 Å². The Hall–Kier alpha value is -3.88. The van der Waals surface area contributed by atoms with Crippen LogP contribution in [0.5, 0.6) is 5.75 Å². The van der Waals surface area contributed by atoms with Crippen molar-refractivity contribution in [2.24, 2.45) is 5.92 Å². The first-order valence-electron chi connectivity index (χ1n) is 15.1. The Morgan fingerprint density at radius 1 is 0.622 bits per heavy atom. The van der Waals surface area contributed by atoms with Gasteiger partial charge in [0.15, 0.2) is 11.6 Å². The molecule has 0 unspecified atom stereocenters. The van der Waals surface area contributed by atoms with Gasteiger partial charge < -0.3 is 4.74 Å². The number of hydrogen-bond acceptors (Lipinski definition) is 1. The Kier molecular flexibility index (Phi) is 9.85. The number of unbranched alkanes of at least 4 members (excludes halogenated alkanes) is 2. The molecule has 0 saturated heterocycles. The summed E-state index contributed by atoms with van der Waals surface area (Å²) < 4.78 is 120. The van der Waals surface area contributed by atoms with E-state index in [4.69, 9.17) is 0 Å². The van der Waals surface area contributed by atoms with Crippen LogP contribution in [0.2, 0.25) is 0 Å². The van der Waals surface area contributed by atoms with Crippen molar-refractivity contribution < 1.29 is 39.9 Å². The summed E-state index contributed by atoms with van der Waals surface area (Å²) in [6.45, 7) is 2.19. The van der Waals surface area contributed by atoms with Crippen LogP contribution in [0.3, 0.4) is 0 Å². The summed E-state index contributed by atoms with van der Waals surface area (Å²) in [5.74, 6) is -7.69. The molecule has 45 heavy (non-hydrogen) atoms. The smallest absolute Gasteiger partial charge is 0.429 e. The molecule has 4 aromatic carbocycles. The fourth-order valence-electron chi connectivity index (χ4n) is 6.15. The summed E-state index contributed by atoms with van der Waals surface area (Å²) >= 11 is 0. The Balaban J connectivity index is 1.32. The molecular weight excluding hydrogens is 600 g/mol. The summed E-state index contributed by atoms with van der Waals surface area (Å²) in [7, 11) is 0. The van der Waals surface area contributed by atoms with E-state index in [1.165, 1.54) is 43.9 Å². The molecule has 1 nitrogen and oxygen atoms in total. The lowest BCUT2D eigenvalue weighted by Crippen LogP contribution is -2.25. The van der Waals surface area contributed by atoms with Gasteiger partial charge in [-0.15, -0.1) is 0 Å². The van der Waals surface area contributed by atoms with Gasteiger partial charge in [0.1, 0.15) is 34.6 Å². The van der Waals surface area contributed by atoms with Gasteiger partial charge >= 0.3 is 6.11 Å². The fourth-order valence-corrected chi connectivity index (χ4v) is 6.15. The molecular formula is C36H32F8O. The van der Waals surface area contributed by atoms with Crippen LogP contribution in [0.4, 0.5) is 35.1 Å². The number of halogens is 8. The third kappa shape index (κ3) is 7.34. The van der Waals surface area contributed by atoms with E-state index < -0.39 is 52.3 Å². The lowest BCUT2D eigenvalue weighted by atomic mass is 9.77. The molecule has 0 atom stereocenters. The summed E-state index contributed by atoms with van der Waals surface area (Å²) in [6, 6.07) is 11.0. The van der Waals surface area contributed by atoms with E-state index in [1.807, 2.05) is 6.07 Å². The first-order valence-corrected chi connectivity index (χ1v) is 15.1. The summed E-state index contributed by atoms with van der Waals surface area (Å²) in [4.78, 5) is 0. The van der Waals surface area contributed by atoms with Crippen molar-refractivity contribution in [1.82, 2.24) is 0 Å². The van der Waals surface area contributed by atoms with Crippen LogP contribution in [0.25, 0.3) is 22.3 Å². The zero-order chi connectivity index (χ0) is 32.3. The molecule has 0 aromatic heterocycles. The normalized spacial score (nSPS) is 17.0. The molecule has 9 heteroatoms. The van der Waals surface area contributed by atoms with Crippen LogP contribution in [0, 0.1) is 40.8 Å². The van der Waals surface area contributed by atoms with Gasteiger partial charge in [-0.1, -0.05) is 56.9 Å². The molecule has 0 bridgehead atoms. The highest BCUT2D eigenvalue weighted by atomic mass is 19.3. The number of alkyl halides is 2. The quantitative estimate of drug-likeness (QED) is 0.125. The van der Waals surface area contributed by atoms with Crippen LogP contribution < -0.4 is 4.74 Å². The van der Waals surface area contributed by atoms with Crippen molar-refractivity contribution >= 4 is 0 Å². The zero-order valence-corrected chi connectivity index (χ0v) is 24.6. The summed E-state index contributed by atoms with van der Waals surface area (Å²) in [6.07, 6.45) is 4.52. The minimum Gasteiger partial charge on any atom is -0.429 e. The fraction of sp³-hybridized carbons (Fsp3) is 0.333. The third-order valence-corrected chi connectivity index (χ3v) is 8.59. The maximum Gasteiger partial charge on any atom is 0.432 e. The first kappa shape index (κ1) is 32.5. The van der Waals surface area contributed by atoms with E-state index >= 15 is 8.78 Å². The van der Waals surface area contributed by atoms with Crippen molar-refractivity contribution in [3.63, 3.8) is 0 Å². The summed E-state index contributed by atoms with van der Waals surface area (Å²) in [5.41, 5.74) is -1.23. The molecule has 0 spiro atoms. The topological polar surface area (TPSA) is 9.23 Å². The van der Waals surface area contributed by atoms with E-state index in [2.05, 4.69) is 11.7 Å². The molecule has 1 fully saturated rings. The first-order chi connectivity index (χ1) is 21.5. The van der Waals surface area contributed by atoms with Crippen LogP contribution in [0.15, 0.2) is 66.7 Å². The minimum absolute atomic E-state index is 0.152. The standard InChI is InChI=1S/C36H32F8O/c1-2-3-4-5-21-6-8-22(9-7-21)23-10-13-27(30(38)16-23)24-11-14-28(31(39)17-24)25-18-33(41)35(34(42)19-25)36(43,44)45-26-12-15-29(37)32(40)20-26/h10-22H,2-9H2,1H3. The SMILES string of the molecule is CCCCCC1CCC(c2ccc(-c3ccc(-c4cc(F)c(C(F)(F)Oc5ccc(F)c(F)c5)c(F)c4)c(F)c3)c(F)c2)CC1. The van der Waals surface area contributed by atoms with E-state index in [0.717, 1.165) is 37.3 Å². The molecule has 0 amide bonds. The highest BCUT2D eigenvalue weighted by molar-refractivity contribution is 5.72. The number of rotatable bonds is 10. The molecule has 238 valence electrons. The Bertz CT molecular complexity index is 1640. The average molecular weight is 633 g/mol. The highest BCUT2D eigenvalue weighted by Gasteiger charge is 2.41. The van der Waals surface area contributed by atoms with Gasteiger partial charge in [0, 0.05) is 17.2 Å². The minimum atomic E-state index is -4.61. The molecule has 0 heterocycles. The van der Waals surface area contributed by atoms with Gasteiger partial charge in [-0.3, -0.25) is 0 Å². The molecule has 4 aromatic rings. The second-order valence-corrected chi connectivity index (χ2v) is 11.7. The Labute approximate surface area is 256 Å². The number of ether oxygens (including phenoxy) is 1. The van der Waals surface area contributed by atoms with E-state index in [9.17, 15) is 26.3 Å². The third-order valence-electron chi connectivity index (χ3n) is 8.59. The van der Waals surface area contributed by atoms with Crippen molar-refractivity contribution in [3.8, 4) is 28.0 Å². The van der Waals surface area contributed by atoms with Gasteiger partial charge in [0.05, 0.1) is 0 Å². The Morgan fingerprint density at radius 2 is 1.24 bits per heavy atom. The van der Waals surface area contributed by atoms with Crippen LogP contribution in [-0.4, -0.2) is 0 Å². The van der Waals surface area contributed by atoms with Crippen LogP contribution in [0.1, 0.15) is 75.3 Å². The molecule has 1 aliphatic carbocycles. The van der Waals surface area contributed by atoms with Gasteiger partial charge in [0.2, 0.25) is 0 Å². The second kappa shape index (κ2) is 13.6. The van der Waals surface area contributed by atoms with Gasteiger partial charge in [-0.05, 0) is 90.6 Å². The Morgan fingerprint density at radius 3 is 1.87 bits per heavy atom. The lowest BCUT2D eigenvalue weighted by Gasteiger charge is -2.29. The average Bonchev–Trinajstić information content (AvgIpc) is 2.98. The largest absolute Gasteiger partial charge is 0.432 e. The van der Waals surface area contributed by atoms with Gasteiger partial charge in [-0.2, -0.15) is 8.78 Å². The maximum atomic E-state index is 15.2. The highest BCUT2D eigenvalue weighted by Crippen LogP contribution is 2.40. The zero-order valence-electron chi connectivity index (χ0n) is 24.6. The molecule has 0 aliphatic heterocycles. The molecule has 1 aliphatic rings. The molecule has 5 rings (SSSR count). The van der Waals surface area contributed by atoms with Crippen molar-refractivity contribution in [2.75, 3.05) is 0 Å². The maximum absolute atomic E-state index is 15.2. The predicted octanol–water partition coefficient (Wildman–Crippen LogP) is 11.8. The molecule has 0 N–H and O–H groups in total. The molecule has 0 radical (unpaired) electrons. The van der Waals surface area contributed by atoms with Crippen molar-refractivity contribution in [1.29, 1.82) is 0 Å². The number of hydrogen-bond donors (Lipinski definition) is 0. The van der Waals surface area contributed by atoms with Crippen LogP contribution in [-0.2, 0) is 6.11 Å². The summed E-state index contributed by atoms with van der Waals surface area (Å²) in [5, 5.41) is 0. The van der Waals surface area contributed by atoms with Crippen LogP contribution >= 0.6 is 0 Å². The van der Waals surface area contributed by atoms with Gasteiger partial charge in [-0.25, -0.2) is 26.3 Å². The van der Waals surface area contributed by atoms with Crippen molar-refractivity contribution in [3.05, 3.63) is 113 Å².